The van der Waals surface area contributed by atoms with Crippen molar-refractivity contribution in [3.63, 3.8) is 0 Å². The molecule has 0 saturated carbocycles. The van der Waals surface area contributed by atoms with Crippen LogP contribution in [-0.2, 0) is 9.53 Å². The van der Waals surface area contributed by atoms with Crippen molar-refractivity contribution in [2.75, 3.05) is 33.4 Å². The minimum absolute atomic E-state index is 0.00602. The summed E-state index contributed by atoms with van der Waals surface area (Å²) in [5.41, 5.74) is 2.87. The second kappa shape index (κ2) is 9.28. The van der Waals surface area contributed by atoms with Gasteiger partial charge in [0.15, 0.2) is 0 Å². The Kier molecular flexibility index (Phi) is 6.78. The van der Waals surface area contributed by atoms with Gasteiger partial charge < -0.3 is 20.1 Å². The molecule has 1 fully saturated rings. The highest BCUT2D eigenvalue weighted by atomic mass is 19.1. The van der Waals surface area contributed by atoms with Gasteiger partial charge in [-0.05, 0) is 28.8 Å². The lowest BCUT2D eigenvalue weighted by Gasteiger charge is -2.47. The highest BCUT2D eigenvalue weighted by Crippen LogP contribution is 2.34. The van der Waals surface area contributed by atoms with Gasteiger partial charge in [0.25, 0.3) is 0 Å². The van der Waals surface area contributed by atoms with Gasteiger partial charge in [0.2, 0.25) is 5.91 Å². The van der Waals surface area contributed by atoms with Crippen LogP contribution in [0, 0.1) is 5.82 Å². The Labute approximate surface area is 165 Å². The summed E-state index contributed by atoms with van der Waals surface area (Å²) >= 11 is 0. The smallest absolute Gasteiger partial charge is 0.219 e. The Balaban J connectivity index is 1.74. The first kappa shape index (κ1) is 20.5. The fourth-order valence-electron chi connectivity index (χ4n) is 3.82. The predicted molar refractivity (Wildman–Crippen MR) is 107 cm³/mol. The van der Waals surface area contributed by atoms with Gasteiger partial charge in [-0.25, -0.2) is 4.39 Å². The molecule has 6 heteroatoms. The van der Waals surface area contributed by atoms with Crippen molar-refractivity contribution in [2.24, 2.45) is 0 Å². The van der Waals surface area contributed by atoms with E-state index in [1.807, 2.05) is 30.3 Å². The monoisotopic (exact) mass is 386 g/mol. The Hall–Kier alpha value is -2.28. The van der Waals surface area contributed by atoms with Crippen molar-refractivity contribution >= 4 is 5.91 Å². The van der Waals surface area contributed by atoms with Crippen LogP contribution in [0.5, 0.6) is 0 Å². The Morgan fingerprint density at radius 3 is 2.54 bits per heavy atom. The molecule has 150 valence electrons. The lowest BCUT2D eigenvalue weighted by molar-refractivity contribution is -0.130. The maximum absolute atomic E-state index is 13.5. The molecule has 1 heterocycles. The zero-order valence-corrected chi connectivity index (χ0v) is 16.3. The van der Waals surface area contributed by atoms with Gasteiger partial charge in [-0.1, -0.05) is 36.4 Å². The maximum Gasteiger partial charge on any atom is 0.219 e. The molecule has 28 heavy (non-hydrogen) atoms. The van der Waals surface area contributed by atoms with Crippen LogP contribution in [0.4, 0.5) is 4.39 Å². The van der Waals surface area contributed by atoms with Gasteiger partial charge in [0, 0.05) is 45.1 Å². The summed E-state index contributed by atoms with van der Waals surface area (Å²) in [6, 6.07) is 14.5. The van der Waals surface area contributed by atoms with E-state index in [1.54, 1.807) is 25.0 Å². The summed E-state index contributed by atoms with van der Waals surface area (Å²) in [7, 11) is 1.62. The van der Waals surface area contributed by atoms with Gasteiger partial charge in [-0.2, -0.15) is 0 Å². The number of benzene rings is 2. The van der Waals surface area contributed by atoms with Crippen molar-refractivity contribution in [3.8, 4) is 11.1 Å². The van der Waals surface area contributed by atoms with Crippen LogP contribution in [-0.4, -0.2) is 61.4 Å². The number of nitrogens with one attached hydrogen (secondary N) is 1. The normalized spacial score (nSPS) is 21.2. The molecular formula is C22H27FN2O3. The molecule has 1 aliphatic heterocycles. The van der Waals surface area contributed by atoms with Gasteiger partial charge in [0.1, 0.15) is 5.82 Å². The van der Waals surface area contributed by atoms with Gasteiger partial charge >= 0.3 is 0 Å². The first-order valence-corrected chi connectivity index (χ1v) is 9.50. The third-order valence-corrected chi connectivity index (χ3v) is 5.37. The minimum Gasteiger partial charge on any atom is -0.395 e. The third kappa shape index (κ3) is 4.58. The fraction of sp³-hybridized carbons (Fsp3) is 0.409. The van der Waals surface area contributed by atoms with E-state index < -0.39 is 0 Å². The second-order valence-electron chi connectivity index (χ2n) is 7.18. The van der Waals surface area contributed by atoms with Crippen LogP contribution in [0.2, 0.25) is 0 Å². The largest absolute Gasteiger partial charge is 0.395 e. The summed E-state index contributed by atoms with van der Waals surface area (Å²) in [6.07, 6.45) is 0. The second-order valence-corrected chi connectivity index (χ2v) is 7.18. The highest BCUT2D eigenvalue weighted by molar-refractivity contribution is 5.73. The van der Waals surface area contributed by atoms with Crippen LogP contribution in [0.15, 0.2) is 48.5 Å². The van der Waals surface area contributed by atoms with Gasteiger partial charge in [-0.3, -0.25) is 4.79 Å². The molecule has 1 saturated heterocycles. The fourth-order valence-corrected chi connectivity index (χ4v) is 3.82. The SMILES string of the molecule is COCCN(C[C@@H]1N[C@@H](CO)[C@H]1c1ccc(-c2cccc(F)c2)cc1)C(C)=O. The number of rotatable bonds is 8. The number of methoxy groups -OCH3 is 1. The predicted octanol–water partition coefficient (Wildman–Crippen LogP) is 2.40. The Morgan fingerprint density at radius 2 is 1.93 bits per heavy atom. The number of nitrogens with zero attached hydrogens (tertiary/aromatic N) is 1. The quantitative estimate of drug-likeness (QED) is 0.731. The van der Waals surface area contributed by atoms with E-state index in [0.29, 0.717) is 19.7 Å². The van der Waals surface area contributed by atoms with E-state index in [9.17, 15) is 14.3 Å². The number of hydrogen-bond donors (Lipinski definition) is 2. The molecule has 1 aliphatic rings. The minimum atomic E-state index is -0.259. The molecule has 0 aromatic heterocycles. The number of aliphatic hydroxyl groups excluding tert-OH is 1. The number of aliphatic hydroxyl groups is 1. The van der Waals surface area contributed by atoms with E-state index >= 15 is 0 Å². The number of hydrogen-bond acceptors (Lipinski definition) is 4. The average molecular weight is 386 g/mol. The summed E-state index contributed by atoms with van der Waals surface area (Å²) in [6.45, 7) is 3.18. The number of carbonyl (C=O) groups is 1. The van der Waals surface area contributed by atoms with Crippen molar-refractivity contribution in [1.82, 2.24) is 10.2 Å². The third-order valence-electron chi connectivity index (χ3n) is 5.37. The lowest BCUT2D eigenvalue weighted by atomic mass is 9.77. The van der Waals surface area contributed by atoms with E-state index in [1.165, 1.54) is 12.1 Å². The Morgan fingerprint density at radius 1 is 1.18 bits per heavy atom. The van der Waals surface area contributed by atoms with Crippen LogP contribution in [0.1, 0.15) is 18.4 Å². The van der Waals surface area contributed by atoms with Crippen molar-refractivity contribution in [2.45, 2.75) is 24.9 Å². The molecule has 5 nitrogen and oxygen atoms in total. The van der Waals surface area contributed by atoms with Crippen molar-refractivity contribution in [1.29, 1.82) is 0 Å². The molecule has 0 radical (unpaired) electrons. The van der Waals surface area contributed by atoms with Crippen LogP contribution >= 0.6 is 0 Å². The topological polar surface area (TPSA) is 61.8 Å². The molecular weight excluding hydrogens is 359 g/mol. The molecule has 0 bridgehead atoms. The molecule has 0 unspecified atom stereocenters. The summed E-state index contributed by atoms with van der Waals surface area (Å²) in [5.74, 6) is -0.145. The zero-order chi connectivity index (χ0) is 20.1. The molecule has 3 atom stereocenters. The van der Waals surface area contributed by atoms with E-state index in [2.05, 4.69) is 5.32 Å². The molecule has 0 spiro atoms. The summed E-state index contributed by atoms with van der Waals surface area (Å²) in [5, 5.41) is 13.0. The molecule has 2 aromatic carbocycles. The van der Waals surface area contributed by atoms with Crippen molar-refractivity contribution < 1.29 is 19.0 Å². The van der Waals surface area contributed by atoms with Crippen LogP contribution in [0.3, 0.4) is 0 Å². The van der Waals surface area contributed by atoms with Crippen LogP contribution in [0.25, 0.3) is 11.1 Å². The maximum atomic E-state index is 13.5. The first-order valence-electron chi connectivity index (χ1n) is 9.50. The average Bonchev–Trinajstić information content (AvgIpc) is 2.67. The number of halogens is 1. The molecule has 3 rings (SSSR count). The number of ether oxygens (including phenoxy) is 1. The summed E-state index contributed by atoms with van der Waals surface area (Å²) in [4.78, 5) is 13.7. The standard InChI is InChI=1S/C22H27FN2O3/c1-15(27)25(10-11-28-2)13-20-22(21(14-26)24-20)17-8-6-16(7-9-17)18-4-3-5-19(23)12-18/h3-9,12,20-22,24,26H,10-11,13-14H2,1-2H3/t20-,21-,22-/m0/s1. The summed E-state index contributed by atoms with van der Waals surface area (Å²) < 4.78 is 18.6. The lowest BCUT2D eigenvalue weighted by Crippen LogP contribution is -2.65. The van der Waals surface area contributed by atoms with Gasteiger partial charge in [0.05, 0.1) is 13.2 Å². The molecule has 0 aliphatic carbocycles. The van der Waals surface area contributed by atoms with E-state index in [-0.39, 0.29) is 36.3 Å². The van der Waals surface area contributed by atoms with Gasteiger partial charge in [-0.15, -0.1) is 0 Å². The Bertz CT molecular complexity index is 797. The molecule has 2 aromatic rings. The highest BCUT2D eigenvalue weighted by Gasteiger charge is 2.41. The molecule has 2 N–H and O–H groups in total. The first-order chi connectivity index (χ1) is 13.5. The van der Waals surface area contributed by atoms with E-state index in [4.69, 9.17) is 4.74 Å². The van der Waals surface area contributed by atoms with Crippen LogP contribution < -0.4 is 5.32 Å². The van der Waals surface area contributed by atoms with E-state index in [0.717, 1.165) is 16.7 Å². The van der Waals surface area contributed by atoms with Crippen molar-refractivity contribution in [3.05, 3.63) is 59.9 Å². The zero-order valence-electron chi connectivity index (χ0n) is 16.3. The number of amides is 1. The number of carbonyl (C=O) groups excluding carboxylic acids is 1. The molecule has 1 amide bonds.